The number of ether oxygens (including phenoxy) is 2. The molecule has 11 heteroatoms. The molecule has 0 spiro atoms. The van der Waals surface area contributed by atoms with Crippen molar-refractivity contribution in [3.8, 4) is 11.6 Å². The van der Waals surface area contributed by atoms with Gasteiger partial charge in [-0.15, -0.1) is 0 Å². The van der Waals surface area contributed by atoms with Crippen LogP contribution in [0.3, 0.4) is 0 Å². The van der Waals surface area contributed by atoms with Crippen molar-refractivity contribution >= 4 is 17.5 Å². The quantitative estimate of drug-likeness (QED) is 0.531. The van der Waals surface area contributed by atoms with E-state index in [1.54, 1.807) is 41.1 Å². The number of carbonyl (C=O) groups excluding carboxylic acids is 2. The average molecular weight is 485 g/mol. The third-order valence-corrected chi connectivity index (χ3v) is 6.40. The first kappa shape index (κ1) is 23.0. The van der Waals surface area contributed by atoms with Gasteiger partial charge in [0.25, 0.3) is 17.7 Å². The summed E-state index contributed by atoms with van der Waals surface area (Å²) < 4.78 is 39.2. The second kappa shape index (κ2) is 9.12. The van der Waals surface area contributed by atoms with E-state index in [4.69, 9.17) is 15.2 Å². The van der Waals surface area contributed by atoms with E-state index in [1.165, 1.54) is 6.20 Å². The van der Waals surface area contributed by atoms with Crippen LogP contribution in [0.4, 0.5) is 8.78 Å². The van der Waals surface area contributed by atoms with Crippen LogP contribution in [0.15, 0.2) is 42.9 Å². The van der Waals surface area contributed by atoms with Crippen LogP contribution in [0.25, 0.3) is 5.65 Å². The number of imidazole rings is 1. The van der Waals surface area contributed by atoms with Gasteiger partial charge in [-0.3, -0.25) is 14.0 Å². The Kier molecular flexibility index (Phi) is 6.00. The molecule has 3 heterocycles. The number of hydrogen-bond acceptors (Lipinski definition) is 6. The number of carbonyl (C=O) groups is 2. The molecule has 3 aromatic heterocycles. The zero-order valence-corrected chi connectivity index (χ0v) is 18.8. The number of rotatable bonds is 7. The molecule has 35 heavy (non-hydrogen) atoms. The molecule has 5 rings (SSSR count). The maximum atomic E-state index is 13.0. The molecule has 0 unspecified atom stereocenters. The van der Waals surface area contributed by atoms with E-state index in [0.717, 1.165) is 0 Å². The number of nitrogens with one attached hydrogen (secondary N) is 1. The lowest BCUT2D eigenvalue weighted by atomic mass is 9.91. The lowest BCUT2D eigenvalue weighted by Crippen LogP contribution is -2.43. The number of primary amides is 1. The highest BCUT2D eigenvalue weighted by atomic mass is 19.3. The van der Waals surface area contributed by atoms with Crippen LogP contribution in [-0.4, -0.2) is 50.4 Å². The third-order valence-electron chi connectivity index (χ3n) is 6.40. The number of hydrogen-bond donors (Lipinski definition) is 2. The van der Waals surface area contributed by atoms with Crippen molar-refractivity contribution in [2.75, 3.05) is 0 Å². The van der Waals surface area contributed by atoms with Crippen LogP contribution in [-0.2, 0) is 0 Å². The van der Waals surface area contributed by atoms with E-state index in [1.807, 2.05) is 0 Å². The van der Waals surface area contributed by atoms with Crippen LogP contribution in [0.5, 0.6) is 11.6 Å². The number of halogens is 2. The Hall–Kier alpha value is -3.76. The maximum Gasteiger partial charge on any atom is 0.270 e. The molecule has 0 atom stereocenters. The van der Waals surface area contributed by atoms with Crippen molar-refractivity contribution in [3.05, 3.63) is 54.1 Å². The monoisotopic (exact) mass is 485 g/mol. The van der Waals surface area contributed by atoms with Gasteiger partial charge in [0.05, 0.1) is 6.20 Å². The number of nitrogens with zero attached hydrogens (tertiary/aromatic N) is 3. The topological polar surface area (TPSA) is 121 Å². The minimum Gasteiger partial charge on any atom is -0.490 e. The van der Waals surface area contributed by atoms with Crippen molar-refractivity contribution < 1.29 is 27.8 Å². The number of pyridine rings is 2. The molecule has 0 saturated heterocycles. The zero-order chi connectivity index (χ0) is 24.6. The van der Waals surface area contributed by atoms with Gasteiger partial charge in [-0.25, -0.2) is 18.7 Å². The van der Waals surface area contributed by atoms with Crippen molar-refractivity contribution in [1.29, 1.82) is 0 Å². The first-order chi connectivity index (χ1) is 16.8. The summed E-state index contributed by atoms with van der Waals surface area (Å²) in [6.07, 6.45) is 6.25. The van der Waals surface area contributed by atoms with Crippen LogP contribution in [0, 0.1) is 0 Å². The Balaban J connectivity index is 1.16. The molecule has 3 N–H and O–H groups in total. The van der Waals surface area contributed by atoms with Crippen molar-refractivity contribution in [2.24, 2.45) is 5.73 Å². The fourth-order valence-corrected chi connectivity index (χ4v) is 4.50. The van der Waals surface area contributed by atoms with Crippen molar-refractivity contribution in [2.45, 2.75) is 62.7 Å². The first-order valence-electron chi connectivity index (χ1n) is 11.5. The van der Waals surface area contributed by atoms with Gasteiger partial charge in [0.2, 0.25) is 5.88 Å². The Labute approximate surface area is 199 Å². The smallest absolute Gasteiger partial charge is 0.270 e. The molecule has 184 valence electrons. The Morgan fingerprint density at radius 2 is 1.86 bits per heavy atom. The minimum absolute atomic E-state index is 0.0323. The second-order valence-electron chi connectivity index (χ2n) is 9.02. The summed E-state index contributed by atoms with van der Waals surface area (Å²) in [5.41, 5.74) is 6.50. The SMILES string of the molecule is NC(=O)c1cccnc1O[C@H]1CC[C@H](NC(=O)c2cnc3cc(OC4CC(F)(F)C4)ccn23)CC1. The first-order valence-corrected chi connectivity index (χ1v) is 11.5. The number of alkyl halides is 2. The summed E-state index contributed by atoms with van der Waals surface area (Å²) in [5, 5.41) is 3.04. The predicted octanol–water partition coefficient (Wildman–Crippen LogP) is 3.12. The molecule has 2 saturated carbocycles. The minimum atomic E-state index is -2.65. The molecular formula is C24H25F2N5O4. The molecule has 0 aromatic carbocycles. The second-order valence-corrected chi connectivity index (χ2v) is 9.02. The van der Waals surface area contributed by atoms with Crippen molar-refractivity contribution in [3.63, 3.8) is 0 Å². The summed E-state index contributed by atoms with van der Waals surface area (Å²) in [4.78, 5) is 32.8. The van der Waals surface area contributed by atoms with E-state index in [-0.39, 0.29) is 42.3 Å². The molecule has 2 aliphatic rings. The lowest BCUT2D eigenvalue weighted by molar-refractivity contribution is -0.134. The summed E-state index contributed by atoms with van der Waals surface area (Å²) in [7, 11) is 0. The Bertz CT molecular complexity index is 1250. The Morgan fingerprint density at radius 1 is 1.09 bits per heavy atom. The number of amides is 2. The molecule has 0 radical (unpaired) electrons. The highest BCUT2D eigenvalue weighted by molar-refractivity contribution is 5.95. The molecule has 3 aromatic rings. The van der Waals surface area contributed by atoms with Gasteiger partial charge >= 0.3 is 0 Å². The lowest BCUT2D eigenvalue weighted by Gasteiger charge is -2.34. The van der Waals surface area contributed by atoms with Crippen LogP contribution >= 0.6 is 0 Å². The van der Waals surface area contributed by atoms with E-state index < -0.39 is 17.9 Å². The van der Waals surface area contributed by atoms with E-state index in [0.29, 0.717) is 42.8 Å². The van der Waals surface area contributed by atoms with E-state index in [9.17, 15) is 18.4 Å². The van der Waals surface area contributed by atoms with Gasteiger partial charge < -0.3 is 20.5 Å². The summed E-state index contributed by atoms with van der Waals surface area (Å²) in [6, 6.07) is 6.45. The molecule has 0 bridgehead atoms. The largest absolute Gasteiger partial charge is 0.490 e. The van der Waals surface area contributed by atoms with Gasteiger partial charge in [-0.2, -0.15) is 0 Å². The third kappa shape index (κ3) is 5.03. The zero-order valence-electron chi connectivity index (χ0n) is 18.8. The van der Waals surface area contributed by atoms with Gasteiger partial charge in [-0.1, -0.05) is 0 Å². The fraction of sp³-hybridized carbons (Fsp3) is 0.417. The summed E-state index contributed by atoms with van der Waals surface area (Å²) in [5.74, 6) is -2.82. The maximum absolute atomic E-state index is 13.0. The van der Waals surface area contributed by atoms with Crippen LogP contribution < -0.4 is 20.5 Å². The number of aromatic nitrogens is 3. The molecular weight excluding hydrogens is 460 g/mol. The summed E-state index contributed by atoms with van der Waals surface area (Å²) in [6.45, 7) is 0. The molecule has 2 fully saturated rings. The molecule has 2 amide bonds. The van der Waals surface area contributed by atoms with Gasteiger partial charge in [0.15, 0.2) is 0 Å². The number of nitrogens with two attached hydrogens (primary N) is 1. The Morgan fingerprint density at radius 3 is 2.57 bits per heavy atom. The molecule has 9 nitrogen and oxygen atoms in total. The predicted molar refractivity (Wildman–Crippen MR) is 121 cm³/mol. The molecule has 0 aliphatic heterocycles. The van der Waals surface area contributed by atoms with Gasteiger partial charge in [0, 0.05) is 37.3 Å². The molecule has 2 aliphatic carbocycles. The standard InChI is InChI=1S/C24H25F2N5O4/c25-24(26)11-17(12-24)34-16-7-9-31-19(13-29-20(31)10-16)22(33)30-14-3-5-15(6-4-14)35-23-18(21(27)32)2-1-8-28-23/h1-2,7-10,13-15,17H,3-6,11-12H2,(H2,27,32)(H,30,33)/t14-,15-. The highest BCUT2D eigenvalue weighted by Gasteiger charge is 2.47. The average Bonchev–Trinajstić information content (AvgIpc) is 3.23. The highest BCUT2D eigenvalue weighted by Crippen LogP contribution is 2.39. The van der Waals surface area contributed by atoms with E-state index >= 15 is 0 Å². The van der Waals surface area contributed by atoms with Gasteiger partial charge in [-0.05, 0) is 43.9 Å². The summed E-state index contributed by atoms with van der Waals surface area (Å²) >= 11 is 0. The fourth-order valence-electron chi connectivity index (χ4n) is 4.50. The normalized spacial score (nSPS) is 21.8. The van der Waals surface area contributed by atoms with Crippen LogP contribution in [0.2, 0.25) is 0 Å². The van der Waals surface area contributed by atoms with Gasteiger partial charge in [0.1, 0.15) is 34.9 Å². The van der Waals surface area contributed by atoms with Crippen molar-refractivity contribution in [1.82, 2.24) is 19.7 Å². The number of fused-ring (bicyclic) bond motifs is 1. The van der Waals surface area contributed by atoms with Crippen LogP contribution in [0.1, 0.15) is 59.4 Å². The van der Waals surface area contributed by atoms with E-state index in [2.05, 4.69) is 15.3 Å².